The zero-order valence-electron chi connectivity index (χ0n) is 12.1. The molecule has 108 valence electrons. The summed E-state index contributed by atoms with van der Waals surface area (Å²) in [6.07, 6.45) is 2.73. The first-order chi connectivity index (χ1) is 8.94. The minimum Gasteiger partial charge on any atom is -0.317 e. The number of benzene rings is 1. The molecule has 0 amide bonds. The highest BCUT2D eigenvalue weighted by atomic mass is 32.2. The van der Waals surface area contributed by atoms with E-state index >= 15 is 0 Å². The lowest BCUT2D eigenvalue weighted by Gasteiger charge is -2.10. The third-order valence-corrected chi connectivity index (χ3v) is 5.13. The summed E-state index contributed by atoms with van der Waals surface area (Å²) in [6, 6.07) is 8.14. The fourth-order valence-corrected chi connectivity index (χ4v) is 3.58. The highest BCUT2D eigenvalue weighted by molar-refractivity contribution is 7.90. The Balaban J connectivity index is 2.43. The van der Waals surface area contributed by atoms with Crippen molar-refractivity contribution in [3.63, 3.8) is 0 Å². The normalized spacial score (nSPS) is 13.4. The number of aryl methyl sites for hydroxylation is 1. The third kappa shape index (κ3) is 6.21. The fourth-order valence-electron chi connectivity index (χ4n) is 2.00. The van der Waals surface area contributed by atoms with Crippen molar-refractivity contribution in [2.24, 2.45) is 0 Å². The van der Waals surface area contributed by atoms with Gasteiger partial charge in [-0.2, -0.15) is 0 Å². The SMILES string of the molecule is CNC(C)CCCCS(=O)(=O)Cc1ccccc1C. The molecule has 1 unspecified atom stereocenters. The number of hydrogen-bond acceptors (Lipinski definition) is 3. The summed E-state index contributed by atoms with van der Waals surface area (Å²) in [6.45, 7) is 4.07. The van der Waals surface area contributed by atoms with Gasteiger partial charge in [-0.1, -0.05) is 30.7 Å². The van der Waals surface area contributed by atoms with Crippen LogP contribution in [0.25, 0.3) is 0 Å². The molecule has 0 spiro atoms. The Hall–Kier alpha value is -0.870. The van der Waals surface area contributed by atoms with Gasteiger partial charge in [-0.25, -0.2) is 8.42 Å². The molecule has 0 heterocycles. The Labute approximate surface area is 117 Å². The molecule has 0 aliphatic rings. The van der Waals surface area contributed by atoms with Crippen LogP contribution in [0.5, 0.6) is 0 Å². The molecule has 0 aliphatic carbocycles. The summed E-state index contributed by atoms with van der Waals surface area (Å²) in [5.41, 5.74) is 1.97. The lowest BCUT2D eigenvalue weighted by atomic mass is 10.1. The summed E-state index contributed by atoms with van der Waals surface area (Å²) < 4.78 is 24.1. The van der Waals surface area contributed by atoms with E-state index in [9.17, 15) is 8.42 Å². The van der Waals surface area contributed by atoms with Gasteiger partial charge in [0.1, 0.15) is 0 Å². The quantitative estimate of drug-likeness (QED) is 0.746. The highest BCUT2D eigenvalue weighted by Gasteiger charge is 2.13. The lowest BCUT2D eigenvalue weighted by molar-refractivity contribution is 0.533. The number of hydrogen-bond donors (Lipinski definition) is 1. The maximum Gasteiger partial charge on any atom is 0.154 e. The molecular formula is C15H25NO2S. The maximum atomic E-state index is 12.1. The van der Waals surface area contributed by atoms with E-state index in [1.54, 1.807) is 0 Å². The summed E-state index contributed by atoms with van der Waals surface area (Å²) >= 11 is 0. The Morgan fingerprint density at radius 2 is 1.89 bits per heavy atom. The van der Waals surface area contributed by atoms with Crippen molar-refractivity contribution >= 4 is 9.84 Å². The van der Waals surface area contributed by atoms with Gasteiger partial charge in [0, 0.05) is 6.04 Å². The zero-order chi connectivity index (χ0) is 14.3. The van der Waals surface area contributed by atoms with Gasteiger partial charge in [0.25, 0.3) is 0 Å². The number of rotatable bonds is 8. The van der Waals surface area contributed by atoms with E-state index in [0.29, 0.717) is 6.04 Å². The van der Waals surface area contributed by atoms with Gasteiger partial charge >= 0.3 is 0 Å². The van der Waals surface area contributed by atoms with E-state index in [-0.39, 0.29) is 11.5 Å². The molecule has 4 heteroatoms. The highest BCUT2D eigenvalue weighted by Crippen LogP contribution is 2.13. The van der Waals surface area contributed by atoms with Crippen LogP contribution in [-0.4, -0.2) is 27.3 Å². The number of nitrogens with one attached hydrogen (secondary N) is 1. The average Bonchev–Trinajstić information content (AvgIpc) is 2.37. The smallest absolute Gasteiger partial charge is 0.154 e. The van der Waals surface area contributed by atoms with Crippen LogP contribution in [0.1, 0.15) is 37.3 Å². The maximum absolute atomic E-state index is 12.1. The van der Waals surface area contributed by atoms with Gasteiger partial charge in [-0.3, -0.25) is 0 Å². The first-order valence-electron chi connectivity index (χ1n) is 6.87. The Morgan fingerprint density at radius 3 is 2.53 bits per heavy atom. The molecule has 1 rings (SSSR count). The van der Waals surface area contributed by atoms with Crippen LogP contribution in [-0.2, 0) is 15.6 Å². The second kappa shape index (κ2) is 7.65. The van der Waals surface area contributed by atoms with Gasteiger partial charge in [0.05, 0.1) is 11.5 Å². The van der Waals surface area contributed by atoms with Crippen LogP contribution in [0, 0.1) is 6.92 Å². The molecule has 1 aromatic carbocycles. The summed E-state index contributed by atoms with van der Waals surface area (Å²) in [7, 11) is -1.05. The van der Waals surface area contributed by atoms with Crippen LogP contribution in [0.2, 0.25) is 0 Å². The molecule has 3 nitrogen and oxygen atoms in total. The van der Waals surface area contributed by atoms with Crippen molar-refractivity contribution in [2.75, 3.05) is 12.8 Å². The molecule has 1 atom stereocenters. The molecule has 1 N–H and O–H groups in total. The molecule has 0 radical (unpaired) electrons. The summed E-state index contributed by atoms with van der Waals surface area (Å²) in [5.74, 6) is 0.457. The molecule has 0 bridgehead atoms. The van der Waals surface area contributed by atoms with E-state index in [4.69, 9.17) is 0 Å². The van der Waals surface area contributed by atoms with E-state index in [1.807, 2.05) is 38.2 Å². The monoisotopic (exact) mass is 283 g/mol. The van der Waals surface area contributed by atoms with Crippen molar-refractivity contribution in [1.29, 1.82) is 0 Å². The third-order valence-electron chi connectivity index (χ3n) is 3.47. The van der Waals surface area contributed by atoms with Gasteiger partial charge in [-0.05, 0) is 44.9 Å². The van der Waals surface area contributed by atoms with Crippen molar-refractivity contribution < 1.29 is 8.42 Å². The second-order valence-electron chi connectivity index (χ2n) is 5.20. The van der Waals surface area contributed by atoms with Gasteiger partial charge < -0.3 is 5.32 Å². The molecule has 0 aliphatic heterocycles. The Morgan fingerprint density at radius 1 is 1.21 bits per heavy atom. The topological polar surface area (TPSA) is 46.2 Å². The fraction of sp³-hybridized carbons (Fsp3) is 0.600. The van der Waals surface area contributed by atoms with E-state index < -0.39 is 9.84 Å². The molecular weight excluding hydrogens is 258 g/mol. The number of sulfone groups is 1. The molecule has 1 aromatic rings. The van der Waals surface area contributed by atoms with Gasteiger partial charge in [-0.15, -0.1) is 0 Å². The summed E-state index contributed by atoms with van der Waals surface area (Å²) in [4.78, 5) is 0. The molecule has 0 fully saturated rings. The molecule has 0 saturated carbocycles. The second-order valence-corrected chi connectivity index (χ2v) is 7.39. The van der Waals surface area contributed by atoms with Gasteiger partial charge in [0.2, 0.25) is 0 Å². The van der Waals surface area contributed by atoms with Crippen LogP contribution in [0.4, 0.5) is 0 Å². The standard InChI is InChI=1S/C15H25NO2S/c1-13-8-4-5-10-15(13)12-19(17,18)11-7-6-9-14(2)16-3/h4-5,8,10,14,16H,6-7,9,11-12H2,1-3H3. The predicted molar refractivity (Wildman–Crippen MR) is 81.0 cm³/mol. The Kier molecular flexibility index (Phi) is 6.52. The van der Waals surface area contributed by atoms with Crippen molar-refractivity contribution in [3.8, 4) is 0 Å². The predicted octanol–water partition coefficient (Wildman–Crippen LogP) is 2.69. The van der Waals surface area contributed by atoms with Crippen LogP contribution in [0.3, 0.4) is 0 Å². The first-order valence-corrected chi connectivity index (χ1v) is 8.69. The lowest BCUT2D eigenvalue weighted by Crippen LogP contribution is -2.21. The molecule has 0 saturated heterocycles. The van der Waals surface area contributed by atoms with Crippen LogP contribution in [0.15, 0.2) is 24.3 Å². The van der Waals surface area contributed by atoms with Crippen molar-refractivity contribution in [1.82, 2.24) is 5.32 Å². The van der Waals surface area contributed by atoms with E-state index in [2.05, 4.69) is 12.2 Å². The van der Waals surface area contributed by atoms with Crippen LogP contribution >= 0.6 is 0 Å². The Bertz CT molecular complexity index is 483. The molecule has 19 heavy (non-hydrogen) atoms. The minimum absolute atomic E-state index is 0.168. The van der Waals surface area contributed by atoms with E-state index in [0.717, 1.165) is 30.4 Å². The number of unbranched alkanes of at least 4 members (excludes halogenated alkanes) is 1. The average molecular weight is 283 g/mol. The largest absolute Gasteiger partial charge is 0.317 e. The zero-order valence-corrected chi connectivity index (χ0v) is 13.0. The molecule has 0 aromatic heterocycles. The summed E-state index contributed by atoms with van der Waals surface area (Å²) in [5, 5.41) is 3.16. The van der Waals surface area contributed by atoms with Crippen molar-refractivity contribution in [2.45, 2.75) is 44.9 Å². The van der Waals surface area contributed by atoms with Gasteiger partial charge in [0.15, 0.2) is 9.84 Å². The minimum atomic E-state index is -2.98. The van der Waals surface area contributed by atoms with E-state index in [1.165, 1.54) is 0 Å². The first kappa shape index (κ1) is 16.2. The van der Waals surface area contributed by atoms with Crippen molar-refractivity contribution in [3.05, 3.63) is 35.4 Å². The van der Waals surface area contributed by atoms with Crippen LogP contribution < -0.4 is 5.32 Å².